The number of nitrogens with one attached hydrogen (secondary N) is 1. The highest BCUT2D eigenvalue weighted by atomic mass is 16.5. The summed E-state index contributed by atoms with van der Waals surface area (Å²) in [5.74, 6) is 0.999. The Morgan fingerprint density at radius 1 is 1.05 bits per heavy atom. The number of likely N-dealkylation sites (tertiary alicyclic amines) is 1. The number of hydrogen-bond donors (Lipinski definition) is 2. The summed E-state index contributed by atoms with van der Waals surface area (Å²) in [6.45, 7) is 9.37. The first-order valence-corrected chi connectivity index (χ1v) is 12.8. The average molecular weight is 503 g/mol. The quantitative estimate of drug-likeness (QED) is 0.259. The third-order valence-corrected chi connectivity index (χ3v) is 6.51. The lowest BCUT2D eigenvalue weighted by Gasteiger charge is -2.25. The van der Waals surface area contributed by atoms with Crippen LogP contribution in [0.5, 0.6) is 6.01 Å². The minimum atomic E-state index is 0.224. The van der Waals surface area contributed by atoms with Gasteiger partial charge in [0.1, 0.15) is 12.3 Å². The van der Waals surface area contributed by atoms with Gasteiger partial charge in [0.05, 0.1) is 6.61 Å². The van der Waals surface area contributed by atoms with E-state index in [-0.39, 0.29) is 6.01 Å². The first kappa shape index (κ1) is 26.4. The molecule has 8 heteroatoms. The van der Waals surface area contributed by atoms with Gasteiger partial charge in [-0.25, -0.2) is 0 Å². The van der Waals surface area contributed by atoms with Crippen LogP contribution in [-0.2, 0) is 17.8 Å². The number of ether oxygens (including phenoxy) is 2. The molecule has 0 radical (unpaired) electrons. The van der Waals surface area contributed by atoms with E-state index in [0.29, 0.717) is 43.6 Å². The SMILES string of the molecule is C=CCN(Cc1ccc(-c2cccc(CN3CCCC3)c2)cc1)c1nc(OCCOC)nc(N)c1NC. The molecule has 1 saturated heterocycles. The minimum Gasteiger partial charge on any atom is -0.461 e. The Balaban J connectivity index is 1.52. The number of hydrogen-bond acceptors (Lipinski definition) is 8. The fraction of sp³-hybridized carbons (Fsp3) is 0.379. The van der Waals surface area contributed by atoms with Crippen molar-refractivity contribution in [3.05, 3.63) is 72.3 Å². The van der Waals surface area contributed by atoms with Gasteiger partial charge in [-0.15, -0.1) is 6.58 Å². The van der Waals surface area contributed by atoms with Gasteiger partial charge in [0.2, 0.25) is 0 Å². The Labute approximate surface area is 220 Å². The lowest BCUT2D eigenvalue weighted by Crippen LogP contribution is -2.26. The van der Waals surface area contributed by atoms with Crippen molar-refractivity contribution in [2.24, 2.45) is 0 Å². The summed E-state index contributed by atoms with van der Waals surface area (Å²) >= 11 is 0. The molecule has 3 N–H and O–H groups in total. The van der Waals surface area contributed by atoms with E-state index < -0.39 is 0 Å². The molecular weight excluding hydrogens is 464 g/mol. The molecule has 37 heavy (non-hydrogen) atoms. The summed E-state index contributed by atoms with van der Waals surface area (Å²) in [5, 5.41) is 3.13. The Morgan fingerprint density at radius 2 is 1.84 bits per heavy atom. The smallest absolute Gasteiger partial charge is 0.320 e. The first-order chi connectivity index (χ1) is 18.1. The fourth-order valence-corrected chi connectivity index (χ4v) is 4.65. The maximum Gasteiger partial charge on any atom is 0.320 e. The van der Waals surface area contributed by atoms with E-state index >= 15 is 0 Å². The van der Waals surface area contributed by atoms with Crippen LogP contribution in [0, 0.1) is 0 Å². The van der Waals surface area contributed by atoms with Gasteiger partial charge in [-0.2, -0.15) is 9.97 Å². The first-order valence-electron chi connectivity index (χ1n) is 12.8. The van der Waals surface area contributed by atoms with Crippen LogP contribution < -0.4 is 20.7 Å². The predicted molar refractivity (Wildman–Crippen MR) is 151 cm³/mol. The summed E-state index contributed by atoms with van der Waals surface area (Å²) in [4.78, 5) is 13.6. The number of anilines is 3. The Bertz CT molecular complexity index is 1160. The van der Waals surface area contributed by atoms with E-state index in [1.165, 1.54) is 42.6 Å². The third kappa shape index (κ3) is 6.99. The number of benzene rings is 2. The number of rotatable bonds is 13. The van der Waals surface area contributed by atoms with E-state index in [1.54, 1.807) is 7.11 Å². The Hall–Kier alpha value is -3.62. The molecule has 0 aliphatic carbocycles. The lowest BCUT2D eigenvalue weighted by atomic mass is 10.0. The molecule has 0 saturated carbocycles. The molecule has 1 aliphatic rings. The minimum absolute atomic E-state index is 0.224. The van der Waals surface area contributed by atoms with E-state index in [2.05, 4.69) is 80.2 Å². The van der Waals surface area contributed by atoms with Gasteiger partial charge in [-0.05, 0) is 54.3 Å². The van der Waals surface area contributed by atoms with Gasteiger partial charge in [-0.1, -0.05) is 48.5 Å². The molecular formula is C29H38N6O2. The Kier molecular flexibility index (Phi) is 9.35. The highest BCUT2D eigenvalue weighted by Crippen LogP contribution is 2.32. The number of nitrogens with two attached hydrogens (primary N) is 1. The van der Waals surface area contributed by atoms with Gasteiger partial charge in [0.15, 0.2) is 11.6 Å². The zero-order valence-corrected chi connectivity index (χ0v) is 21.9. The van der Waals surface area contributed by atoms with Crippen molar-refractivity contribution in [3.63, 3.8) is 0 Å². The van der Waals surface area contributed by atoms with Crippen molar-refractivity contribution in [1.82, 2.24) is 14.9 Å². The van der Waals surface area contributed by atoms with Crippen LogP contribution in [0.3, 0.4) is 0 Å². The number of nitrogen functional groups attached to an aromatic ring is 1. The van der Waals surface area contributed by atoms with E-state index in [4.69, 9.17) is 15.2 Å². The molecule has 2 aromatic carbocycles. The normalized spacial score (nSPS) is 13.5. The topological polar surface area (TPSA) is 88.8 Å². The van der Waals surface area contributed by atoms with Crippen molar-refractivity contribution in [3.8, 4) is 17.1 Å². The second-order valence-electron chi connectivity index (χ2n) is 9.23. The van der Waals surface area contributed by atoms with Crippen molar-refractivity contribution in [2.75, 3.05) is 63.0 Å². The van der Waals surface area contributed by atoms with Crippen LogP contribution in [0.1, 0.15) is 24.0 Å². The number of nitrogens with zero attached hydrogens (tertiary/aromatic N) is 4. The van der Waals surface area contributed by atoms with Crippen molar-refractivity contribution < 1.29 is 9.47 Å². The molecule has 3 aromatic rings. The van der Waals surface area contributed by atoms with E-state index in [1.807, 2.05) is 13.1 Å². The third-order valence-electron chi connectivity index (χ3n) is 6.51. The van der Waals surface area contributed by atoms with Gasteiger partial charge >= 0.3 is 6.01 Å². The molecule has 0 bridgehead atoms. The molecule has 0 amide bonds. The van der Waals surface area contributed by atoms with Crippen LogP contribution in [0.4, 0.5) is 17.3 Å². The van der Waals surface area contributed by atoms with Gasteiger partial charge in [0, 0.05) is 33.8 Å². The summed E-state index contributed by atoms with van der Waals surface area (Å²) in [7, 11) is 3.43. The average Bonchev–Trinajstić information content (AvgIpc) is 3.42. The van der Waals surface area contributed by atoms with Crippen molar-refractivity contribution in [2.45, 2.75) is 25.9 Å². The van der Waals surface area contributed by atoms with Crippen LogP contribution >= 0.6 is 0 Å². The van der Waals surface area contributed by atoms with E-state index in [9.17, 15) is 0 Å². The highest BCUT2D eigenvalue weighted by molar-refractivity contribution is 5.77. The molecule has 0 atom stereocenters. The van der Waals surface area contributed by atoms with Crippen LogP contribution in [0.15, 0.2) is 61.2 Å². The van der Waals surface area contributed by atoms with Crippen LogP contribution in [-0.4, -0.2) is 61.9 Å². The molecule has 1 aromatic heterocycles. The van der Waals surface area contributed by atoms with Crippen molar-refractivity contribution in [1.29, 1.82) is 0 Å². The summed E-state index contributed by atoms with van der Waals surface area (Å²) < 4.78 is 10.7. The second-order valence-corrected chi connectivity index (χ2v) is 9.23. The van der Waals surface area contributed by atoms with Gasteiger partial charge < -0.3 is 25.4 Å². The molecule has 196 valence electrons. The van der Waals surface area contributed by atoms with Crippen molar-refractivity contribution >= 4 is 17.3 Å². The molecule has 4 rings (SSSR count). The molecule has 0 unspecified atom stereocenters. The molecule has 1 aliphatic heterocycles. The standard InChI is InChI=1S/C29H38N6O2/c1-4-14-35(28-26(31-2)27(30)32-29(33-28)37-18-17-36-3)21-22-10-12-24(13-11-22)25-9-7-8-23(19-25)20-34-15-5-6-16-34/h4,7-13,19,31H,1,5-6,14-18,20-21H2,2-3H3,(H2,30,32,33). The zero-order chi connectivity index (χ0) is 26.0. The van der Waals surface area contributed by atoms with Gasteiger partial charge in [-0.3, -0.25) is 4.90 Å². The maximum absolute atomic E-state index is 6.23. The maximum atomic E-state index is 6.23. The predicted octanol–water partition coefficient (Wildman–Crippen LogP) is 4.58. The van der Waals surface area contributed by atoms with Crippen LogP contribution in [0.2, 0.25) is 0 Å². The number of aromatic nitrogens is 2. The van der Waals surface area contributed by atoms with Crippen LogP contribution in [0.25, 0.3) is 11.1 Å². The summed E-state index contributed by atoms with van der Waals surface area (Å²) in [6.07, 6.45) is 4.47. The molecule has 8 nitrogen and oxygen atoms in total. The molecule has 0 spiro atoms. The zero-order valence-electron chi connectivity index (χ0n) is 21.9. The second kappa shape index (κ2) is 13.1. The fourth-order valence-electron chi connectivity index (χ4n) is 4.65. The summed E-state index contributed by atoms with van der Waals surface area (Å²) in [5.41, 5.74) is 11.9. The number of methoxy groups -OCH3 is 1. The summed E-state index contributed by atoms with van der Waals surface area (Å²) in [6, 6.07) is 17.8. The monoisotopic (exact) mass is 502 g/mol. The van der Waals surface area contributed by atoms with E-state index in [0.717, 1.165) is 12.1 Å². The highest BCUT2D eigenvalue weighted by Gasteiger charge is 2.19. The Morgan fingerprint density at radius 3 is 2.54 bits per heavy atom. The van der Waals surface area contributed by atoms with Gasteiger partial charge in [0.25, 0.3) is 0 Å². The largest absolute Gasteiger partial charge is 0.461 e. The molecule has 1 fully saturated rings. The lowest BCUT2D eigenvalue weighted by molar-refractivity contribution is 0.141. The molecule has 2 heterocycles.